The molecule has 0 bridgehead atoms. The van der Waals surface area contributed by atoms with Gasteiger partial charge in [-0.05, 0) is 50.5 Å². The van der Waals surface area contributed by atoms with Crippen LogP contribution in [0.5, 0.6) is 0 Å². The van der Waals surface area contributed by atoms with Gasteiger partial charge in [0.15, 0.2) is 11.5 Å². The lowest BCUT2D eigenvalue weighted by Gasteiger charge is -2.07. The fraction of sp³-hybridized carbons (Fsp3) is 0.133. The molecule has 0 saturated heterocycles. The van der Waals surface area contributed by atoms with E-state index in [9.17, 15) is 14.4 Å². The maximum Gasteiger partial charge on any atom is 0.266 e. The molecule has 2 aromatic heterocycles. The fourth-order valence-corrected chi connectivity index (χ4v) is 2.48. The third kappa shape index (κ3) is 4.54. The SMILES string of the molecule is O=c1cccnn1CCNc1nonc1C(=Nc1ccc(F)c(Br)c1)NO. The predicted molar refractivity (Wildman–Crippen MR) is 96.5 cm³/mol. The highest BCUT2D eigenvalue weighted by atomic mass is 79.9. The number of halogens is 2. The first-order valence-corrected chi connectivity index (χ1v) is 8.40. The molecule has 0 fully saturated rings. The van der Waals surface area contributed by atoms with Gasteiger partial charge in [-0.15, -0.1) is 0 Å². The van der Waals surface area contributed by atoms with Crippen molar-refractivity contribution in [2.45, 2.75) is 6.54 Å². The van der Waals surface area contributed by atoms with Crippen LogP contribution in [0, 0.1) is 5.82 Å². The lowest BCUT2D eigenvalue weighted by atomic mass is 10.3. The summed E-state index contributed by atoms with van der Waals surface area (Å²) in [6.07, 6.45) is 1.51. The molecule has 12 heteroatoms. The van der Waals surface area contributed by atoms with Crippen LogP contribution in [-0.2, 0) is 6.54 Å². The maximum atomic E-state index is 13.3. The predicted octanol–water partition coefficient (Wildman–Crippen LogP) is 1.70. The summed E-state index contributed by atoms with van der Waals surface area (Å²) in [6, 6.07) is 7.03. The highest BCUT2D eigenvalue weighted by molar-refractivity contribution is 9.10. The Morgan fingerprint density at radius 3 is 2.96 bits per heavy atom. The van der Waals surface area contributed by atoms with E-state index in [1.165, 1.54) is 35.1 Å². The zero-order valence-corrected chi connectivity index (χ0v) is 15.2. The van der Waals surface area contributed by atoms with Crippen LogP contribution in [0.2, 0.25) is 0 Å². The molecule has 3 aromatic rings. The van der Waals surface area contributed by atoms with E-state index in [4.69, 9.17) is 0 Å². The molecule has 0 saturated carbocycles. The molecule has 0 unspecified atom stereocenters. The van der Waals surface area contributed by atoms with Crippen LogP contribution < -0.4 is 16.4 Å². The van der Waals surface area contributed by atoms with E-state index in [1.54, 1.807) is 6.07 Å². The van der Waals surface area contributed by atoms with Crippen molar-refractivity contribution in [2.75, 3.05) is 11.9 Å². The molecule has 1 aromatic carbocycles. The molecule has 140 valence electrons. The summed E-state index contributed by atoms with van der Waals surface area (Å²) in [6.45, 7) is 0.564. The summed E-state index contributed by atoms with van der Waals surface area (Å²) in [5, 5.41) is 23.6. The van der Waals surface area contributed by atoms with Crippen LogP contribution in [0.25, 0.3) is 0 Å². The van der Waals surface area contributed by atoms with E-state index in [0.29, 0.717) is 12.2 Å². The summed E-state index contributed by atoms with van der Waals surface area (Å²) in [4.78, 5) is 15.8. The Hall–Kier alpha value is -3.12. The van der Waals surface area contributed by atoms with Gasteiger partial charge in [0, 0.05) is 18.8 Å². The van der Waals surface area contributed by atoms with E-state index in [2.05, 4.69) is 46.3 Å². The highest BCUT2D eigenvalue weighted by Gasteiger charge is 2.16. The van der Waals surface area contributed by atoms with Gasteiger partial charge in [-0.3, -0.25) is 15.5 Å². The monoisotopic (exact) mass is 437 g/mol. The van der Waals surface area contributed by atoms with Crippen LogP contribution in [0.15, 0.2) is 55.4 Å². The quantitative estimate of drug-likeness (QED) is 0.301. The Bertz CT molecular complexity index is 1020. The van der Waals surface area contributed by atoms with Crippen molar-refractivity contribution in [2.24, 2.45) is 4.99 Å². The van der Waals surface area contributed by atoms with E-state index in [1.807, 2.05) is 5.48 Å². The van der Waals surface area contributed by atoms with Crippen molar-refractivity contribution in [3.05, 3.63) is 62.9 Å². The van der Waals surface area contributed by atoms with Crippen molar-refractivity contribution in [1.29, 1.82) is 0 Å². The zero-order valence-electron chi connectivity index (χ0n) is 13.6. The number of benzene rings is 1. The third-order valence-electron chi connectivity index (χ3n) is 3.36. The van der Waals surface area contributed by atoms with E-state index in [-0.39, 0.29) is 33.9 Å². The van der Waals surface area contributed by atoms with Crippen LogP contribution in [-0.4, -0.2) is 37.7 Å². The standard InChI is InChI=1S/C15H13BrFN7O3/c16-10-8-9(3-4-11(10)17)20-15(21-26)13-14(23-27-22-13)18-6-7-24-12(25)2-1-5-19-24/h1-5,8,26H,6-7H2,(H,18,23)(H,20,21). The number of hydrogen-bond acceptors (Lipinski definition) is 8. The molecule has 10 nitrogen and oxygen atoms in total. The lowest BCUT2D eigenvalue weighted by molar-refractivity contribution is 0.234. The molecular weight excluding hydrogens is 425 g/mol. The molecule has 0 atom stereocenters. The highest BCUT2D eigenvalue weighted by Crippen LogP contribution is 2.23. The van der Waals surface area contributed by atoms with Gasteiger partial charge in [0.2, 0.25) is 5.82 Å². The first-order chi connectivity index (χ1) is 13.1. The largest absolute Gasteiger partial charge is 0.363 e. The van der Waals surface area contributed by atoms with E-state index in [0.717, 1.165) is 0 Å². The maximum absolute atomic E-state index is 13.3. The van der Waals surface area contributed by atoms with Gasteiger partial charge in [0.25, 0.3) is 5.56 Å². The average molecular weight is 438 g/mol. The second-order valence-electron chi connectivity index (χ2n) is 5.14. The van der Waals surface area contributed by atoms with Gasteiger partial charge in [0.1, 0.15) is 5.82 Å². The molecule has 0 amide bonds. The number of anilines is 1. The molecule has 0 aliphatic heterocycles. The Morgan fingerprint density at radius 1 is 1.37 bits per heavy atom. The van der Waals surface area contributed by atoms with E-state index >= 15 is 0 Å². The zero-order chi connectivity index (χ0) is 19.2. The topological polar surface area (TPSA) is 130 Å². The van der Waals surface area contributed by atoms with Crippen LogP contribution in [0.3, 0.4) is 0 Å². The van der Waals surface area contributed by atoms with Crippen molar-refractivity contribution in [3.63, 3.8) is 0 Å². The van der Waals surface area contributed by atoms with E-state index < -0.39 is 5.82 Å². The number of amidine groups is 1. The number of rotatable bonds is 6. The van der Waals surface area contributed by atoms with Gasteiger partial charge in [-0.1, -0.05) is 0 Å². The summed E-state index contributed by atoms with van der Waals surface area (Å²) in [7, 11) is 0. The van der Waals surface area contributed by atoms with Crippen molar-refractivity contribution in [3.8, 4) is 0 Å². The molecule has 27 heavy (non-hydrogen) atoms. The van der Waals surface area contributed by atoms with Gasteiger partial charge in [0.05, 0.1) is 16.7 Å². The minimum atomic E-state index is -0.442. The van der Waals surface area contributed by atoms with Crippen LogP contribution in [0.4, 0.5) is 15.9 Å². The van der Waals surface area contributed by atoms with Gasteiger partial charge in [-0.2, -0.15) is 5.10 Å². The molecule has 2 heterocycles. The van der Waals surface area contributed by atoms with Crippen molar-refractivity contribution >= 4 is 33.3 Å². The molecule has 3 rings (SSSR count). The molecule has 0 spiro atoms. The Balaban J connectivity index is 1.75. The number of aromatic nitrogens is 4. The summed E-state index contributed by atoms with van der Waals surface area (Å²) >= 11 is 3.06. The summed E-state index contributed by atoms with van der Waals surface area (Å²) < 4.78 is 19.5. The minimum Gasteiger partial charge on any atom is -0.363 e. The fourth-order valence-electron chi connectivity index (χ4n) is 2.11. The van der Waals surface area contributed by atoms with Crippen molar-refractivity contribution in [1.82, 2.24) is 25.6 Å². The van der Waals surface area contributed by atoms with Crippen molar-refractivity contribution < 1.29 is 14.2 Å². The minimum absolute atomic E-state index is 0.0627. The molecule has 0 aliphatic carbocycles. The first-order valence-electron chi connectivity index (χ1n) is 7.61. The molecule has 0 aliphatic rings. The Kier molecular flexibility index (Phi) is 5.88. The van der Waals surface area contributed by atoms with Crippen LogP contribution in [0.1, 0.15) is 5.69 Å². The molecule has 3 N–H and O–H groups in total. The average Bonchev–Trinajstić information content (AvgIpc) is 3.12. The number of aliphatic imine (C=N–C) groups is 1. The first kappa shape index (κ1) is 18.7. The number of hydroxylamine groups is 1. The Morgan fingerprint density at radius 2 is 2.22 bits per heavy atom. The number of nitrogens with zero attached hydrogens (tertiary/aromatic N) is 5. The van der Waals surface area contributed by atoms with Gasteiger partial charge >= 0.3 is 0 Å². The second kappa shape index (κ2) is 8.51. The molecular formula is C15H13BrFN7O3. The molecule has 0 radical (unpaired) electrons. The van der Waals surface area contributed by atoms with Gasteiger partial charge < -0.3 is 5.32 Å². The second-order valence-corrected chi connectivity index (χ2v) is 6.00. The lowest BCUT2D eigenvalue weighted by Crippen LogP contribution is -2.26. The van der Waals surface area contributed by atoms with Gasteiger partial charge in [-0.25, -0.2) is 18.7 Å². The number of hydrogen-bond donors (Lipinski definition) is 3. The summed E-state index contributed by atoms with van der Waals surface area (Å²) in [5.41, 5.74) is 2.14. The Labute approximate surface area is 159 Å². The summed E-state index contributed by atoms with van der Waals surface area (Å²) in [5.74, 6) is -0.310. The smallest absolute Gasteiger partial charge is 0.266 e. The normalized spacial score (nSPS) is 11.4. The number of nitrogens with one attached hydrogen (secondary N) is 2. The third-order valence-corrected chi connectivity index (χ3v) is 3.97. The van der Waals surface area contributed by atoms with Crippen LogP contribution >= 0.6 is 15.9 Å².